The fraction of sp³-hybridized carbons (Fsp3) is 0.600. The lowest BCUT2D eigenvalue weighted by Gasteiger charge is -2.34. The fourth-order valence-electron chi connectivity index (χ4n) is 2.61. The van der Waals surface area contributed by atoms with Gasteiger partial charge < -0.3 is 15.0 Å². The Hall–Kier alpha value is -1.82. The molecule has 1 aliphatic heterocycles. The van der Waals surface area contributed by atoms with Crippen LogP contribution in [0.1, 0.15) is 26.2 Å². The molecule has 1 heterocycles. The smallest absolute Gasteiger partial charge is 0.275 e. The van der Waals surface area contributed by atoms with Crippen LogP contribution in [0.5, 0.6) is 5.75 Å². The third-order valence-electron chi connectivity index (χ3n) is 3.75. The van der Waals surface area contributed by atoms with Gasteiger partial charge in [-0.25, -0.2) is 0 Å². The van der Waals surface area contributed by atoms with Gasteiger partial charge in [-0.3, -0.25) is 10.1 Å². The Bertz CT molecular complexity index is 493. The van der Waals surface area contributed by atoms with Crippen molar-refractivity contribution >= 4 is 11.4 Å². The second-order valence-corrected chi connectivity index (χ2v) is 5.36. The van der Waals surface area contributed by atoms with E-state index >= 15 is 0 Å². The Morgan fingerprint density at radius 2 is 2.29 bits per heavy atom. The molecule has 1 aromatic rings. The third kappa shape index (κ3) is 4.07. The first kappa shape index (κ1) is 15.6. The van der Waals surface area contributed by atoms with Crippen LogP contribution in [-0.2, 0) is 0 Å². The molecule has 1 fully saturated rings. The average Bonchev–Trinajstić information content (AvgIpc) is 2.52. The molecule has 6 nitrogen and oxygen atoms in total. The second kappa shape index (κ2) is 7.26. The summed E-state index contributed by atoms with van der Waals surface area (Å²) in [5, 5.41) is 14.4. The van der Waals surface area contributed by atoms with Gasteiger partial charge in [-0.2, -0.15) is 0 Å². The van der Waals surface area contributed by atoms with Crippen LogP contribution in [0, 0.1) is 10.1 Å². The molecule has 0 amide bonds. The predicted octanol–water partition coefficient (Wildman–Crippen LogP) is 2.57. The molecule has 2 rings (SSSR count). The molecule has 21 heavy (non-hydrogen) atoms. The molecule has 0 saturated carbocycles. The third-order valence-corrected chi connectivity index (χ3v) is 3.75. The number of anilines is 1. The summed E-state index contributed by atoms with van der Waals surface area (Å²) in [5.41, 5.74) is 0.959. The van der Waals surface area contributed by atoms with Crippen molar-refractivity contribution in [1.82, 2.24) is 5.32 Å². The predicted molar refractivity (Wildman–Crippen MR) is 83.2 cm³/mol. The number of hydrogen-bond acceptors (Lipinski definition) is 5. The van der Waals surface area contributed by atoms with Crippen molar-refractivity contribution in [2.45, 2.75) is 32.2 Å². The number of nitro benzene ring substituents is 1. The number of nitro groups is 1. The summed E-state index contributed by atoms with van der Waals surface area (Å²) in [6.45, 7) is 4.37. The van der Waals surface area contributed by atoms with E-state index in [0.717, 1.165) is 38.0 Å². The Morgan fingerprint density at radius 3 is 2.95 bits per heavy atom. The molecule has 1 aromatic carbocycles. The number of benzene rings is 1. The Labute approximate surface area is 125 Å². The quantitative estimate of drug-likeness (QED) is 0.645. The number of piperidine rings is 1. The summed E-state index contributed by atoms with van der Waals surface area (Å²) < 4.78 is 5.58. The number of likely N-dealkylation sites (N-methyl/N-ethyl adjacent to an activating group) is 1. The minimum Gasteiger partial charge on any atom is -0.493 e. The molecule has 6 heteroatoms. The van der Waals surface area contributed by atoms with Crippen LogP contribution in [0.4, 0.5) is 11.4 Å². The summed E-state index contributed by atoms with van der Waals surface area (Å²) in [7, 11) is 1.96. The van der Waals surface area contributed by atoms with Gasteiger partial charge in [0.15, 0.2) is 0 Å². The van der Waals surface area contributed by atoms with Gasteiger partial charge >= 0.3 is 0 Å². The SMILES string of the molecule is CCCOc1cc(N2CCCC(NC)C2)cc([N+](=O)[O-])c1. The number of non-ortho nitro benzene ring substituents is 1. The minimum atomic E-state index is -0.359. The number of rotatable bonds is 6. The van der Waals surface area contributed by atoms with E-state index in [1.807, 2.05) is 20.0 Å². The molecule has 1 aliphatic rings. The van der Waals surface area contributed by atoms with E-state index in [1.165, 1.54) is 6.07 Å². The maximum Gasteiger partial charge on any atom is 0.275 e. The van der Waals surface area contributed by atoms with E-state index in [-0.39, 0.29) is 10.6 Å². The van der Waals surface area contributed by atoms with Crippen LogP contribution >= 0.6 is 0 Å². The summed E-state index contributed by atoms with van der Waals surface area (Å²) >= 11 is 0. The first-order valence-corrected chi connectivity index (χ1v) is 7.48. The highest BCUT2D eigenvalue weighted by molar-refractivity contribution is 5.58. The van der Waals surface area contributed by atoms with Gasteiger partial charge in [0.2, 0.25) is 0 Å². The maximum absolute atomic E-state index is 11.1. The molecule has 0 aromatic heterocycles. The highest BCUT2D eigenvalue weighted by Gasteiger charge is 2.21. The van der Waals surface area contributed by atoms with Crippen molar-refractivity contribution in [3.05, 3.63) is 28.3 Å². The van der Waals surface area contributed by atoms with Crippen LogP contribution in [-0.4, -0.2) is 37.7 Å². The molecular weight excluding hydrogens is 270 g/mol. The molecule has 0 bridgehead atoms. The van der Waals surface area contributed by atoms with Crippen LogP contribution in [0.2, 0.25) is 0 Å². The van der Waals surface area contributed by atoms with Crippen molar-refractivity contribution in [3.8, 4) is 5.75 Å². The number of hydrogen-bond donors (Lipinski definition) is 1. The highest BCUT2D eigenvalue weighted by atomic mass is 16.6. The molecule has 1 unspecified atom stereocenters. The first-order valence-electron chi connectivity index (χ1n) is 7.48. The van der Waals surface area contributed by atoms with E-state index < -0.39 is 0 Å². The summed E-state index contributed by atoms with van der Waals surface area (Å²) in [6, 6.07) is 5.47. The zero-order chi connectivity index (χ0) is 15.2. The van der Waals surface area contributed by atoms with Crippen LogP contribution in [0.3, 0.4) is 0 Å². The molecule has 1 saturated heterocycles. The summed E-state index contributed by atoms with van der Waals surface area (Å²) in [4.78, 5) is 12.9. The molecule has 116 valence electrons. The largest absolute Gasteiger partial charge is 0.493 e. The zero-order valence-corrected chi connectivity index (χ0v) is 12.7. The van der Waals surface area contributed by atoms with Gasteiger partial charge in [0, 0.05) is 37.0 Å². The number of ether oxygens (including phenoxy) is 1. The molecule has 0 radical (unpaired) electrons. The molecule has 1 atom stereocenters. The first-order chi connectivity index (χ1) is 10.1. The molecule has 0 spiro atoms. The van der Waals surface area contributed by atoms with Gasteiger partial charge in [-0.05, 0) is 26.3 Å². The zero-order valence-electron chi connectivity index (χ0n) is 12.7. The van der Waals surface area contributed by atoms with Crippen molar-refractivity contribution in [2.24, 2.45) is 0 Å². The summed E-state index contributed by atoms with van der Waals surface area (Å²) in [6.07, 6.45) is 3.10. The average molecular weight is 293 g/mol. The Kier molecular flexibility index (Phi) is 5.38. The topological polar surface area (TPSA) is 67.6 Å². The molecule has 0 aliphatic carbocycles. The normalized spacial score (nSPS) is 18.6. The van der Waals surface area contributed by atoms with Crippen LogP contribution in [0.15, 0.2) is 18.2 Å². The standard InChI is InChI=1S/C15H23N3O3/c1-3-7-21-15-9-13(8-14(10-15)18(19)20)17-6-4-5-12(11-17)16-2/h8-10,12,16H,3-7,11H2,1-2H3. The van der Waals surface area contributed by atoms with E-state index in [1.54, 1.807) is 6.07 Å². The van der Waals surface area contributed by atoms with Crippen LogP contribution in [0.25, 0.3) is 0 Å². The van der Waals surface area contributed by atoms with Gasteiger partial charge in [-0.1, -0.05) is 6.92 Å². The van der Waals surface area contributed by atoms with Gasteiger partial charge in [0.05, 0.1) is 17.6 Å². The van der Waals surface area contributed by atoms with Gasteiger partial charge in [-0.15, -0.1) is 0 Å². The van der Waals surface area contributed by atoms with E-state index in [4.69, 9.17) is 4.74 Å². The van der Waals surface area contributed by atoms with Crippen molar-refractivity contribution in [3.63, 3.8) is 0 Å². The monoisotopic (exact) mass is 293 g/mol. The lowest BCUT2D eigenvalue weighted by atomic mass is 10.0. The lowest BCUT2D eigenvalue weighted by molar-refractivity contribution is -0.384. The van der Waals surface area contributed by atoms with Gasteiger partial charge in [0.25, 0.3) is 5.69 Å². The Balaban J connectivity index is 2.24. The number of nitrogens with one attached hydrogen (secondary N) is 1. The maximum atomic E-state index is 11.1. The number of nitrogens with zero attached hydrogens (tertiary/aromatic N) is 2. The van der Waals surface area contributed by atoms with E-state index in [9.17, 15) is 10.1 Å². The molecular formula is C15H23N3O3. The highest BCUT2D eigenvalue weighted by Crippen LogP contribution is 2.30. The Morgan fingerprint density at radius 1 is 1.48 bits per heavy atom. The van der Waals surface area contributed by atoms with E-state index in [0.29, 0.717) is 18.4 Å². The van der Waals surface area contributed by atoms with Crippen molar-refractivity contribution < 1.29 is 9.66 Å². The van der Waals surface area contributed by atoms with Crippen LogP contribution < -0.4 is 15.0 Å². The lowest BCUT2D eigenvalue weighted by Crippen LogP contribution is -2.44. The minimum absolute atomic E-state index is 0.0881. The molecule has 1 N–H and O–H groups in total. The van der Waals surface area contributed by atoms with E-state index in [2.05, 4.69) is 10.2 Å². The van der Waals surface area contributed by atoms with Crippen molar-refractivity contribution in [1.29, 1.82) is 0 Å². The fourth-order valence-corrected chi connectivity index (χ4v) is 2.61. The van der Waals surface area contributed by atoms with Crippen molar-refractivity contribution in [2.75, 3.05) is 31.6 Å². The van der Waals surface area contributed by atoms with Gasteiger partial charge in [0.1, 0.15) is 5.75 Å². The second-order valence-electron chi connectivity index (χ2n) is 5.36. The summed E-state index contributed by atoms with van der Waals surface area (Å²) in [5.74, 6) is 0.577.